The number of morpholine rings is 1. The highest BCUT2D eigenvalue weighted by Gasteiger charge is 2.19. The van der Waals surface area contributed by atoms with Crippen molar-refractivity contribution in [2.24, 2.45) is 0 Å². The monoisotopic (exact) mass is 523 g/mol. The summed E-state index contributed by atoms with van der Waals surface area (Å²) in [7, 11) is 0. The molecule has 0 amide bonds. The summed E-state index contributed by atoms with van der Waals surface area (Å²) in [5.41, 5.74) is 3.74. The number of rotatable bonds is 9. The van der Waals surface area contributed by atoms with E-state index in [2.05, 4.69) is 48.1 Å². The van der Waals surface area contributed by atoms with Crippen molar-refractivity contribution in [1.29, 1.82) is 0 Å². The molecule has 0 bridgehead atoms. The Morgan fingerprint density at radius 1 is 1.03 bits per heavy atom. The molecule has 0 unspecified atom stereocenters. The highest BCUT2D eigenvalue weighted by Crippen LogP contribution is 2.34. The van der Waals surface area contributed by atoms with Crippen LogP contribution in [0.3, 0.4) is 0 Å². The van der Waals surface area contributed by atoms with Crippen molar-refractivity contribution >= 4 is 32.7 Å². The lowest BCUT2D eigenvalue weighted by atomic mass is 10.1. The number of halogens is 1. The molecular formula is C25H26BrN5O3. The highest BCUT2D eigenvalue weighted by molar-refractivity contribution is 9.10. The van der Waals surface area contributed by atoms with E-state index in [1.54, 1.807) is 6.20 Å². The maximum atomic E-state index is 6.23. The van der Waals surface area contributed by atoms with Crippen molar-refractivity contribution in [3.05, 3.63) is 65.0 Å². The van der Waals surface area contributed by atoms with Gasteiger partial charge in [0.05, 0.1) is 44.7 Å². The summed E-state index contributed by atoms with van der Waals surface area (Å²) in [6.45, 7) is 4.70. The first-order chi connectivity index (χ1) is 16.8. The molecule has 8 nitrogen and oxygen atoms in total. The predicted octanol–water partition coefficient (Wildman–Crippen LogP) is 4.60. The van der Waals surface area contributed by atoms with Crippen molar-refractivity contribution in [2.75, 3.05) is 44.4 Å². The summed E-state index contributed by atoms with van der Waals surface area (Å²) in [4.78, 5) is 11.2. The Hall–Kier alpha value is -3.01. The molecule has 9 heteroatoms. The van der Waals surface area contributed by atoms with Crippen molar-refractivity contribution in [3.8, 4) is 17.0 Å². The molecule has 1 N–H and O–H groups in total. The fourth-order valence-electron chi connectivity index (χ4n) is 3.90. The van der Waals surface area contributed by atoms with Gasteiger partial charge in [-0.15, -0.1) is 0 Å². The van der Waals surface area contributed by atoms with Crippen molar-refractivity contribution in [3.63, 3.8) is 0 Å². The Kier molecular flexibility index (Phi) is 7.33. The van der Waals surface area contributed by atoms with Gasteiger partial charge in [0.1, 0.15) is 10.3 Å². The normalized spacial score (nSPS) is 14.0. The minimum Gasteiger partial charge on any atom is -0.490 e. The Balaban J connectivity index is 1.30. The molecule has 1 saturated heterocycles. The van der Waals surface area contributed by atoms with Gasteiger partial charge in [-0.2, -0.15) is 5.10 Å². The SMILES string of the molecule is Brc1cc2c(-c3cnc(N4CCOCC4)c(OCCCOCc4ccccc4)c3)n[nH]c2cn1. The molecule has 0 radical (unpaired) electrons. The average molecular weight is 524 g/mol. The minimum atomic E-state index is 0.536. The van der Waals surface area contributed by atoms with Crippen molar-refractivity contribution in [2.45, 2.75) is 13.0 Å². The second-order valence-electron chi connectivity index (χ2n) is 8.01. The molecule has 3 aromatic heterocycles. The number of ether oxygens (including phenoxy) is 3. The van der Waals surface area contributed by atoms with E-state index in [0.717, 1.165) is 57.8 Å². The Morgan fingerprint density at radius 3 is 2.74 bits per heavy atom. The van der Waals surface area contributed by atoms with Crippen LogP contribution >= 0.6 is 15.9 Å². The summed E-state index contributed by atoms with van der Waals surface area (Å²) in [5.74, 6) is 1.58. The van der Waals surface area contributed by atoms with Gasteiger partial charge in [-0.1, -0.05) is 30.3 Å². The highest BCUT2D eigenvalue weighted by atomic mass is 79.9. The van der Waals surface area contributed by atoms with Gasteiger partial charge in [0.2, 0.25) is 0 Å². The van der Waals surface area contributed by atoms with Crippen molar-refractivity contribution < 1.29 is 14.2 Å². The van der Waals surface area contributed by atoms with Gasteiger partial charge < -0.3 is 19.1 Å². The van der Waals surface area contributed by atoms with Crippen LogP contribution in [-0.2, 0) is 16.1 Å². The van der Waals surface area contributed by atoms with Gasteiger partial charge in [0.15, 0.2) is 11.6 Å². The minimum absolute atomic E-state index is 0.536. The molecule has 0 atom stereocenters. The first-order valence-corrected chi connectivity index (χ1v) is 12.1. The van der Waals surface area contributed by atoms with Crippen LogP contribution in [0.2, 0.25) is 0 Å². The molecule has 0 spiro atoms. The lowest BCUT2D eigenvalue weighted by Gasteiger charge is -2.29. The summed E-state index contributed by atoms with van der Waals surface area (Å²) < 4.78 is 18.3. The molecule has 0 aliphatic carbocycles. The van der Waals surface area contributed by atoms with Crippen LogP contribution < -0.4 is 9.64 Å². The summed E-state index contributed by atoms with van der Waals surface area (Å²) in [6.07, 6.45) is 4.40. The number of benzene rings is 1. The van der Waals surface area contributed by atoms with Gasteiger partial charge in [-0.3, -0.25) is 5.10 Å². The fourth-order valence-corrected chi connectivity index (χ4v) is 4.24. The number of nitrogens with one attached hydrogen (secondary N) is 1. The number of fused-ring (bicyclic) bond motifs is 1. The van der Waals surface area contributed by atoms with Gasteiger partial charge >= 0.3 is 0 Å². The third-order valence-electron chi connectivity index (χ3n) is 5.63. The Bertz CT molecular complexity index is 1230. The lowest BCUT2D eigenvalue weighted by molar-refractivity contribution is 0.107. The van der Waals surface area contributed by atoms with E-state index in [-0.39, 0.29) is 0 Å². The zero-order valence-electron chi connectivity index (χ0n) is 18.7. The van der Waals surface area contributed by atoms with Crippen LogP contribution in [0.15, 0.2) is 59.5 Å². The maximum absolute atomic E-state index is 6.23. The number of aromatic nitrogens is 4. The lowest BCUT2D eigenvalue weighted by Crippen LogP contribution is -2.37. The maximum Gasteiger partial charge on any atom is 0.171 e. The Morgan fingerprint density at radius 2 is 1.88 bits per heavy atom. The summed E-state index contributed by atoms with van der Waals surface area (Å²) in [6, 6.07) is 14.2. The number of H-pyrrole nitrogens is 1. The third kappa shape index (κ3) is 5.38. The quantitative estimate of drug-likeness (QED) is 0.253. The fraction of sp³-hybridized carbons (Fsp3) is 0.320. The van der Waals surface area contributed by atoms with Crippen LogP contribution in [0.1, 0.15) is 12.0 Å². The molecule has 1 aromatic carbocycles. The van der Waals surface area contributed by atoms with E-state index in [1.807, 2.05) is 36.5 Å². The van der Waals surface area contributed by atoms with Crippen LogP contribution in [0.4, 0.5) is 5.82 Å². The molecule has 0 saturated carbocycles. The molecule has 1 fully saturated rings. The summed E-state index contributed by atoms with van der Waals surface area (Å²) in [5, 5.41) is 8.53. The van der Waals surface area contributed by atoms with Crippen LogP contribution in [0.25, 0.3) is 22.2 Å². The third-order valence-corrected chi connectivity index (χ3v) is 6.07. The number of pyridine rings is 2. The average Bonchev–Trinajstić information content (AvgIpc) is 3.30. The Labute approximate surface area is 206 Å². The number of nitrogens with zero attached hydrogens (tertiary/aromatic N) is 4. The smallest absolute Gasteiger partial charge is 0.171 e. The molecule has 176 valence electrons. The van der Waals surface area contributed by atoms with Crippen LogP contribution in [0.5, 0.6) is 5.75 Å². The van der Waals surface area contributed by atoms with E-state index in [1.165, 1.54) is 5.56 Å². The number of hydrogen-bond acceptors (Lipinski definition) is 7. The molecular weight excluding hydrogens is 498 g/mol. The molecule has 34 heavy (non-hydrogen) atoms. The second-order valence-corrected chi connectivity index (χ2v) is 8.82. The van der Waals surface area contributed by atoms with E-state index >= 15 is 0 Å². The van der Waals surface area contributed by atoms with Gasteiger partial charge in [-0.05, 0) is 33.6 Å². The number of aromatic amines is 1. The first-order valence-electron chi connectivity index (χ1n) is 11.3. The zero-order chi connectivity index (χ0) is 23.2. The topological polar surface area (TPSA) is 85.4 Å². The van der Waals surface area contributed by atoms with E-state index < -0.39 is 0 Å². The second kappa shape index (κ2) is 10.9. The molecule has 1 aliphatic heterocycles. The predicted molar refractivity (Wildman–Crippen MR) is 134 cm³/mol. The summed E-state index contributed by atoms with van der Waals surface area (Å²) >= 11 is 3.45. The largest absolute Gasteiger partial charge is 0.490 e. The molecule has 4 heterocycles. The first kappa shape index (κ1) is 22.8. The number of hydrogen-bond donors (Lipinski definition) is 1. The van der Waals surface area contributed by atoms with Crippen LogP contribution in [-0.4, -0.2) is 59.7 Å². The molecule has 1 aliphatic rings. The van der Waals surface area contributed by atoms with E-state index in [4.69, 9.17) is 19.2 Å². The van der Waals surface area contributed by atoms with Gasteiger partial charge in [0, 0.05) is 36.7 Å². The van der Waals surface area contributed by atoms with Gasteiger partial charge in [-0.25, -0.2) is 9.97 Å². The van der Waals surface area contributed by atoms with E-state index in [9.17, 15) is 0 Å². The van der Waals surface area contributed by atoms with Crippen LogP contribution in [0, 0.1) is 0 Å². The zero-order valence-corrected chi connectivity index (χ0v) is 20.3. The van der Waals surface area contributed by atoms with E-state index in [0.29, 0.717) is 33.0 Å². The standard InChI is InChI=1S/C25H26BrN5O3/c26-23-14-20-21(16-27-23)29-30-24(20)19-13-22(25(28-15-19)31-7-11-32-12-8-31)34-10-4-9-33-17-18-5-2-1-3-6-18/h1-3,5-6,13-16H,4,7-12,17H2,(H,29,30). The number of anilines is 1. The van der Waals surface area contributed by atoms with Gasteiger partial charge in [0.25, 0.3) is 0 Å². The molecule has 4 aromatic rings. The van der Waals surface area contributed by atoms with Crippen molar-refractivity contribution in [1.82, 2.24) is 20.2 Å². The molecule has 5 rings (SSSR count).